The maximum atomic E-state index is 12.6. The Hall–Kier alpha value is -3.52. The number of hydrogen-bond donors (Lipinski definition) is 2. The molecular weight excluding hydrogens is 416 g/mol. The number of sulfonamides is 1. The molecule has 0 aliphatic carbocycles. The molecule has 0 bridgehead atoms. The Morgan fingerprint density at radius 3 is 2.35 bits per heavy atom. The molecule has 0 atom stereocenters. The smallest absolute Gasteiger partial charge is 0.261 e. The van der Waals surface area contributed by atoms with E-state index < -0.39 is 10.0 Å². The molecular formula is C23H24N2O5S. The summed E-state index contributed by atoms with van der Waals surface area (Å²) in [6, 6.07) is 18.2. The van der Waals surface area contributed by atoms with Gasteiger partial charge in [0.15, 0.2) is 0 Å². The van der Waals surface area contributed by atoms with Crippen LogP contribution in [0.4, 0.5) is 5.69 Å². The average Bonchev–Trinajstić information content (AvgIpc) is 2.77. The predicted molar refractivity (Wildman–Crippen MR) is 119 cm³/mol. The van der Waals surface area contributed by atoms with Gasteiger partial charge in [-0.05, 0) is 55.5 Å². The van der Waals surface area contributed by atoms with Gasteiger partial charge in [0.1, 0.15) is 11.5 Å². The van der Waals surface area contributed by atoms with Crippen molar-refractivity contribution in [1.29, 1.82) is 0 Å². The SMILES string of the molecule is COc1ccc(OC)c(CNC(=O)c2cccc(NS(=O)(=O)c3ccc(C)cc3)c2)c1. The fourth-order valence-electron chi connectivity index (χ4n) is 2.95. The third-order valence-corrected chi connectivity index (χ3v) is 6.03. The standard InChI is InChI=1S/C23H24N2O5S/c1-16-7-10-21(11-8-16)31(27,28)25-19-6-4-5-17(13-19)23(26)24-15-18-14-20(29-2)9-12-22(18)30-3/h4-14,25H,15H2,1-3H3,(H,24,26). The number of ether oxygens (including phenoxy) is 2. The molecule has 0 spiro atoms. The second-order valence-corrected chi connectivity index (χ2v) is 8.54. The minimum atomic E-state index is -3.76. The van der Waals surface area contributed by atoms with Gasteiger partial charge in [0.2, 0.25) is 0 Å². The zero-order chi connectivity index (χ0) is 22.4. The number of carbonyl (C=O) groups excluding carboxylic acids is 1. The third kappa shape index (κ3) is 5.55. The second-order valence-electron chi connectivity index (χ2n) is 6.86. The lowest BCUT2D eigenvalue weighted by Gasteiger charge is -2.12. The Labute approximate surface area is 182 Å². The summed E-state index contributed by atoms with van der Waals surface area (Å²) in [7, 11) is -0.641. The van der Waals surface area contributed by atoms with Crippen LogP contribution in [0, 0.1) is 6.92 Å². The molecule has 0 unspecified atom stereocenters. The van der Waals surface area contributed by atoms with E-state index >= 15 is 0 Å². The van der Waals surface area contributed by atoms with Gasteiger partial charge in [0, 0.05) is 23.4 Å². The first-order valence-corrected chi connectivity index (χ1v) is 11.0. The molecule has 7 nitrogen and oxygen atoms in total. The molecule has 1 amide bonds. The highest BCUT2D eigenvalue weighted by atomic mass is 32.2. The van der Waals surface area contributed by atoms with Crippen molar-refractivity contribution >= 4 is 21.6 Å². The van der Waals surface area contributed by atoms with E-state index in [0.29, 0.717) is 22.7 Å². The summed E-state index contributed by atoms with van der Waals surface area (Å²) in [5.74, 6) is 0.930. The van der Waals surface area contributed by atoms with E-state index in [1.165, 1.54) is 18.2 Å². The van der Waals surface area contributed by atoms with Crippen LogP contribution >= 0.6 is 0 Å². The van der Waals surface area contributed by atoms with Crippen LogP contribution in [0.5, 0.6) is 11.5 Å². The van der Waals surface area contributed by atoms with E-state index in [0.717, 1.165) is 11.1 Å². The van der Waals surface area contributed by atoms with Crippen molar-refractivity contribution in [3.63, 3.8) is 0 Å². The molecule has 0 saturated heterocycles. The molecule has 3 aromatic carbocycles. The first-order chi connectivity index (χ1) is 14.8. The topological polar surface area (TPSA) is 93.7 Å². The fraction of sp³-hybridized carbons (Fsp3) is 0.174. The van der Waals surface area contributed by atoms with Crippen molar-refractivity contribution in [2.75, 3.05) is 18.9 Å². The van der Waals surface area contributed by atoms with Crippen LogP contribution in [0.1, 0.15) is 21.5 Å². The van der Waals surface area contributed by atoms with Crippen LogP contribution in [0.3, 0.4) is 0 Å². The number of hydrogen-bond acceptors (Lipinski definition) is 5. The Kier molecular flexibility index (Phi) is 6.81. The summed E-state index contributed by atoms with van der Waals surface area (Å²) >= 11 is 0. The normalized spacial score (nSPS) is 10.9. The molecule has 31 heavy (non-hydrogen) atoms. The molecule has 3 aromatic rings. The van der Waals surface area contributed by atoms with E-state index in [2.05, 4.69) is 10.0 Å². The van der Waals surface area contributed by atoms with E-state index in [-0.39, 0.29) is 17.3 Å². The zero-order valence-electron chi connectivity index (χ0n) is 17.5. The third-order valence-electron chi connectivity index (χ3n) is 4.64. The molecule has 162 valence electrons. The summed E-state index contributed by atoms with van der Waals surface area (Å²) < 4.78 is 38.2. The monoisotopic (exact) mass is 440 g/mol. The molecule has 0 fully saturated rings. The van der Waals surface area contributed by atoms with Crippen LogP contribution in [-0.4, -0.2) is 28.5 Å². The fourth-order valence-corrected chi connectivity index (χ4v) is 4.00. The summed E-state index contributed by atoms with van der Waals surface area (Å²) in [6.45, 7) is 2.10. The second kappa shape index (κ2) is 9.53. The molecule has 0 aromatic heterocycles. The summed E-state index contributed by atoms with van der Waals surface area (Å²) in [6.07, 6.45) is 0. The maximum Gasteiger partial charge on any atom is 0.261 e. The van der Waals surface area contributed by atoms with Crippen LogP contribution in [0.15, 0.2) is 71.6 Å². The molecule has 2 N–H and O–H groups in total. The number of rotatable bonds is 8. The van der Waals surface area contributed by atoms with Crippen LogP contribution in [0.2, 0.25) is 0 Å². The number of aryl methyl sites for hydroxylation is 1. The van der Waals surface area contributed by atoms with Crippen molar-refractivity contribution in [2.24, 2.45) is 0 Å². The quantitative estimate of drug-likeness (QED) is 0.557. The molecule has 8 heteroatoms. The number of nitrogens with one attached hydrogen (secondary N) is 2. The van der Waals surface area contributed by atoms with Crippen molar-refractivity contribution in [3.8, 4) is 11.5 Å². The summed E-state index contributed by atoms with van der Waals surface area (Å²) in [5, 5.41) is 2.82. The van der Waals surface area contributed by atoms with Gasteiger partial charge in [-0.1, -0.05) is 23.8 Å². The van der Waals surface area contributed by atoms with E-state index in [4.69, 9.17) is 9.47 Å². The highest BCUT2D eigenvalue weighted by Gasteiger charge is 2.15. The number of anilines is 1. The van der Waals surface area contributed by atoms with Crippen LogP contribution < -0.4 is 19.5 Å². The maximum absolute atomic E-state index is 12.6. The molecule has 3 rings (SSSR count). The molecule has 0 radical (unpaired) electrons. The largest absolute Gasteiger partial charge is 0.497 e. The van der Waals surface area contributed by atoms with Gasteiger partial charge in [0.05, 0.1) is 19.1 Å². The Morgan fingerprint density at radius 1 is 0.935 bits per heavy atom. The van der Waals surface area contributed by atoms with Gasteiger partial charge >= 0.3 is 0 Å². The molecule has 0 aliphatic heterocycles. The number of benzene rings is 3. The Balaban J connectivity index is 1.73. The first-order valence-electron chi connectivity index (χ1n) is 9.51. The average molecular weight is 441 g/mol. The summed E-state index contributed by atoms with van der Waals surface area (Å²) in [4.78, 5) is 12.8. The van der Waals surface area contributed by atoms with Gasteiger partial charge in [0.25, 0.3) is 15.9 Å². The van der Waals surface area contributed by atoms with Crippen LogP contribution in [-0.2, 0) is 16.6 Å². The lowest BCUT2D eigenvalue weighted by Crippen LogP contribution is -2.23. The van der Waals surface area contributed by atoms with Crippen molar-refractivity contribution in [2.45, 2.75) is 18.4 Å². The minimum absolute atomic E-state index is 0.151. The summed E-state index contributed by atoms with van der Waals surface area (Å²) in [5.41, 5.74) is 2.34. The van der Waals surface area contributed by atoms with Crippen molar-refractivity contribution in [1.82, 2.24) is 5.32 Å². The van der Waals surface area contributed by atoms with Gasteiger partial charge < -0.3 is 14.8 Å². The van der Waals surface area contributed by atoms with E-state index in [9.17, 15) is 13.2 Å². The lowest BCUT2D eigenvalue weighted by atomic mass is 10.1. The van der Waals surface area contributed by atoms with Gasteiger partial charge in [-0.2, -0.15) is 0 Å². The van der Waals surface area contributed by atoms with E-state index in [1.807, 2.05) is 6.92 Å². The highest BCUT2D eigenvalue weighted by molar-refractivity contribution is 7.92. The van der Waals surface area contributed by atoms with Crippen LogP contribution in [0.25, 0.3) is 0 Å². The van der Waals surface area contributed by atoms with Gasteiger partial charge in [-0.25, -0.2) is 8.42 Å². The molecule has 0 heterocycles. The lowest BCUT2D eigenvalue weighted by molar-refractivity contribution is 0.0950. The predicted octanol–water partition coefficient (Wildman–Crippen LogP) is 3.74. The van der Waals surface area contributed by atoms with E-state index in [1.54, 1.807) is 62.8 Å². The minimum Gasteiger partial charge on any atom is -0.497 e. The molecule has 0 saturated carbocycles. The number of methoxy groups -OCH3 is 2. The highest BCUT2D eigenvalue weighted by Crippen LogP contribution is 2.24. The molecule has 0 aliphatic rings. The number of amides is 1. The first kappa shape index (κ1) is 22.2. The van der Waals surface area contributed by atoms with Gasteiger partial charge in [-0.15, -0.1) is 0 Å². The number of carbonyl (C=O) groups is 1. The Morgan fingerprint density at radius 2 is 1.68 bits per heavy atom. The van der Waals surface area contributed by atoms with Crippen molar-refractivity contribution in [3.05, 3.63) is 83.4 Å². The van der Waals surface area contributed by atoms with Gasteiger partial charge in [-0.3, -0.25) is 9.52 Å². The van der Waals surface area contributed by atoms with Crippen molar-refractivity contribution < 1.29 is 22.7 Å². The Bertz CT molecular complexity index is 1170. The zero-order valence-corrected chi connectivity index (χ0v) is 18.3.